The second-order valence-electron chi connectivity index (χ2n) is 5.43. The fraction of sp³-hybridized carbons (Fsp3) is 0.278. The fourth-order valence-corrected chi connectivity index (χ4v) is 2.56. The number of carbonyl (C=O) groups is 1. The number of fused-ring (bicyclic) bond motifs is 1. The second kappa shape index (κ2) is 5.72. The van der Waals surface area contributed by atoms with Gasteiger partial charge in [-0.3, -0.25) is 4.79 Å². The van der Waals surface area contributed by atoms with E-state index in [4.69, 9.17) is 14.2 Å². The molecule has 1 aliphatic heterocycles. The van der Waals surface area contributed by atoms with E-state index in [1.54, 1.807) is 25.3 Å². The minimum absolute atomic E-state index is 0.0596. The first kappa shape index (κ1) is 14.4. The quantitative estimate of drug-likeness (QED) is 0.861. The van der Waals surface area contributed by atoms with Crippen LogP contribution in [0.5, 0.6) is 17.2 Å². The van der Waals surface area contributed by atoms with E-state index in [9.17, 15) is 4.79 Å². The molecule has 114 valence electrons. The third-order valence-electron chi connectivity index (χ3n) is 3.49. The summed E-state index contributed by atoms with van der Waals surface area (Å²) < 4.78 is 16.8. The van der Waals surface area contributed by atoms with Gasteiger partial charge in [0.2, 0.25) is 5.78 Å². The van der Waals surface area contributed by atoms with Crippen LogP contribution in [0.3, 0.4) is 0 Å². The van der Waals surface area contributed by atoms with Crippen LogP contribution in [-0.2, 0) is 0 Å². The summed E-state index contributed by atoms with van der Waals surface area (Å²) in [5.74, 6) is 1.84. The van der Waals surface area contributed by atoms with Crippen molar-refractivity contribution in [3.8, 4) is 17.2 Å². The molecule has 22 heavy (non-hydrogen) atoms. The van der Waals surface area contributed by atoms with E-state index in [0.29, 0.717) is 22.8 Å². The van der Waals surface area contributed by atoms with Crippen molar-refractivity contribution in [2.75, 3.05) is 7.11 Å². The predicted octanol–water partition coefficient (Wildman–Crippen LogP) is 3.80. The summed E-state index contributed by atoms with van der Waals surface area (Å²) in [4.78, 5) is 12.6. The Morgan fingerprint density at radius 1 is 1.14 bits per heavy atom. The summed E-state index contributed by atoms with van der Waals surface area (Å²) in [5.41, 5.74) is 1.31. The maximum absolute atomic E-state index is 12.6. The van der Waals surface area contributed by atoms with Gasteiger partial charge in [0.15, 0.2) is 6.10 Å². The molecule has 0 bridgehead atoms. The lowest BCUT2D eigenvalue weighted by atomic mass is 10.0. The van der Waals surface area contributed by atoms with Gasteiger partial charge in [0.05, 0.1) is 18.8 Å². The number of para-hydroxylation sites is 1. The molecule has 1 unspecified atom stereocenters. The Balaban J connectivity index is 1.93. The summed E-state index contributed by atoms with van der Waals surface area (Å²) >= 11 is 0. The van der Waals surface area contributed by atoms with E-state index in [1.807, 2.05) is 38.1 Å². The molecule has 4 heteroatoms. The topological polar surface area (TPSA) is 44.8 Å². The second-order valence-corrected chi connectivity index (χ2v) is 5.43. The zero-order valence-electron chi connectivity index (χ0n) is 12.8. The average Bonchev–Trinajstić information content (AvgIpc) is 2.83. The van der Waals surface area contributed by atoms with E-state index < -0.39 is 6.10 Å². The summed E-state index contributed by atoms with van der Waals surface area (Å²) in [6, 6.07) is 12.7. The molecule has 0 fully saturated rings. The van der Waals surface area contributed by atoms with Gasteiger partial charge in [0.1, 0.15) is 17.2 Å². The average molecular weight is 298 g/mol. The molecular weight excluding hydrogens is 280 g/mol. The minimum Gasteiger partial charge on any atom is -0.496 e. The number of methoxy groups -OCH3 is 1. The highest BCUT2D eigenvalue weighted by Gasteiger charge is 2.35. The van der Waals surface area contributed by atoms with Gasteiger partial charge < -0.3 is 14.2 Å². The van der Waals surface area contributed by atoms with E-state index in [1.165, 1.54) is 0 Å². The van der Waals surface area contributed by atoms with Crippen molar-refractivity contribution in [2.45, 2.75) is 26.1 Å². The van der Waals surface area contributed by atoms with Crippen LogP contribution in [0.2, 0.25) is 0 Å². The smallest absolute Gasteiger partial charge is 0.211 e. The number of benzene rings is 2. The molecule has 0 amide bonds. The van der Waals surface area contributed by atoms with Crippen LogP contribution in [0.25, 0.3) is 0 Å². The molecule has 0 N–H and O–H groups in total. The fourth-order valence-electron chi connectivity index (χ4n) is 2.56. The van der Waals surface area contributed by atoms with Crippen LogP contribution in [0.1, 0.15) is 35.9 Å². The van der Waals surface area contributed by atoms with Gasteiger partial charge in [-0.25, -0.2) is 0 Å². The number of ether oxygens (including phenoxy) is 3. The zero-order valence-corrected chi connectivity index (χ0v) is 12.8. The highest BCUT2D eigenvalue weighted by atomic mass is 16.5. The summed E-state index contributed by atoms with van der Waals surface area (Å²) in [6.07, 6.45) is -0.597. The van der Waals surface area contributed by atoms with E-state index in [2.05, 4.69) is 0 Å². The SMILES string of the molecule is COc1ccccc1C1Oc2cc(OC(C)C)ccc2C1=O. The Bertz CT molecular complexity index is 706. The lowest BCUT2D eigenvalue weighted by molar-refractivity contribution is 0.0854. The van der Waals surface area contributed by atoms with Crippen LogP contribution in [0.4, 0.5) is 0 Å². The molecule has 2 aromatic rings. The molecule has 1 aliphatic rings. The normalized spacial score (nSPS) is 16.4. The number of Topliss-reactive ketones (excluding diaryl/α,β-unsaturated/α-hetero) is 1. The molecule has 1 atom stereocenters. The van der Waals surface area contributed by atoms with Crippen LogP contribution in [0, 0.1) is 0 Å². The lowest BCUT2D eigenvalue weighted by Crippen LogP contribution is -2.12. The Kier molecular flexibility index (Phi) is 3.75. The Morgan fingerprint density at radius 3 is 2.64 bits per heavy atom. The van der Waals surface area contributed by atoms with Gasteiger partial charge >= 0.3 is 0 Å². The van der Waals surface area contributed by atoms with Gasteiger partial charge in [-0.1, -0.05) is 18.2 Å². The van der Waals surface area contributed by atoms with Crippen LogP contribution >= 0.6 is 0 Å². The molecule has 2 aromatic carbocycles. The molecule has 3 rings (SSSR count). The third-order valence-corrected chi connectivity index (χ3v) is 3.49. The van der Waals surface area contributed by atoms with Crippen molar-refractivity contribution in [1.29, 1.82) is 0 Å². The standard InChI is InChI=1S/C18H18O4/c1-11(2)21-12-8-9-13-16(10-12)22-18(17(13)19)14-6-4-5-7-15(14)20-3/h4-11,18H,1-3H3. The molecule has 0 radical (unpaired) electrons. The maximum Gasteiger partial charge on any atom is 0.211 e. The monoisotopic (exact) mass is 298 g/mol. The maximum atomic E-state index is 12.6. The van der Waals surface area contributed by atoms with Crippen molar-refractivity contribution in [2.24, 2.45) is 0 Å². The predicted molar refractivity (Wildman–Crippen MR) is 82.9 cm³/mol. The number of rotatable bonds is 4. The number of hydrogen-bond donors (Lipinski definition) is 0. The minimum atomic E-state index is -0.666. The number of ketones is 1. The van der Waals surface area contributed by atoms with E-state index >= 15 is 0 Å². The molecule has 1 heterocycles. The largest absolute Gasteiger partial charge is 0.496 e. The van der Waals surface area contributed by atoms with Gasteiger partial charge in [-0.15, -0.1) is 0 Å². The van der Waals surface area contributed by atoms with Crippen LogP contribution in [0.15, 0.2) is 42.5 Å². The molecule has 0 saturated heterocycles. The van der Waals surface area contributed by atoms with Gasteiger partial charge in [0.25, 0.3) is 0 Å². The van der Waals surface area contributed by atoms with Crippen molar-refractivity contribution in [3.05, 3.63) is 53.6 Å². The van der Waals surface area contributed by atoms with E-state index in [0.717, 1.165) is 5.56 Å². The molecular formula is C18H18O4. The first-order valence-corrected chi connectivity index (χ1v) is 7.24. The Hall–Kier alpha value is -2.49. The van der Waals surface area contributed by atoms with E-state index in [-0.39, 0.29) is 11.9 Å². The third kappa shape index (κ3) is 2.52. The molecule has 0 saturated carbocycles. The summed E-state index contributed by atoms with van der Waals surface area (Å²) in [7, 11) is 1.58. The molecule has 0 aromatic heterocycles. The van der Waals surface area contributed by atoms with Crippen molar-refractivity contribution >= 4 is 5.78 Å². The Morgan fingerprint density at radius 2 is 1.91 bits per heavy atom. The van der Waals surface area contributed by atoms with Crippen LogP contribution in [-0.4, -0.2) is 19.0 Å². The van der Waals surface area contributed by atoms with Gasteiger partial charge in [-0.2, -0.15) is 0 Å². The molecule has 0 spiro atoms. The number of hydrogen-bond acceptors (Lipinski definition) is 4. The molecule has 0 aliphatic carbocycles. The lowest BCUT2D eigenvalue weighted by Gasteiger charge is -2.13. The summed E-state index contributed by atoms with van der Waals surface area (Å²) in [6.45, 7) is 3.91. The van der Waals surface area contributed by atoms with Crippen molar-refractivity contribution < 1.29 is 19.0 Å². The van der Waals surface area contributed by atoms with Gasteiger partial charge in [-0.05, 0) is 32.0 Å². The number of carbonyl (C=O) groups excluding carboxylic acids is 1. The highest BCUT2D eigenvalue weighted by molar-refractivity contribution is 6.05. The van der Waals surface area contributed by atoms with Crippen LogP contribution < -0.4 is 14.2 Å². The summed E-state index contributed by atoms with van der Waals surface area (Å²) in [5, 5.41) is 0. The van der Waals surface area contributed by atoms with Crippen molar-refractivity contribution in [1.82, 2.24) is 0 Å². The molecule has 4 nitrogen and oxygen atoms in total. The zero-order chi connectivity index (χ0) is 15.7. The Labute approximate surface area is 129 Å². The van der Waals surface area contributed by atoms with Gasteiger partial charge in [0, 0.05) is 11.6 Å². The first-order chi connectivity index (χ1) is 10.6. The first-order valence-electron chi connectivity index (χ1n) is 7.24. The highest BCUT2D eigenvalue weighted by Crippen LogP contribution is 2.41. The van der Waals surface area contributed by atoms with Crippen molar-refractivity contribution in [3.63, 3.8) is 0 Å².